The average molecular weight is 355 g/mol. The maximum atomic E-state index is 11.8. The number of nitrogens with one attached hydrogen (secondary N) is 1. The lowest BCUT2D eigenvalue weighted by molar-refractivity contribution is -0.111. The number of allylic oxidation sites excluding steroid dienone is 6. The Labute approximate surface area is 155 Å². The molecule has 0 aromatic heterocycles. The van der Waals surface area contributed by atoms with Gasteiger partial charge in [0.2, 0.25) is 0 Å². The fraction of sp³-hybridized carbons (Fsp3) is 0.636. The molecule has 4 heteroatoms. The molecule has 0 aliphatic heterocycles. The quantitative estimate of drug-likeness (QED) is 0.707. The largest absolute Gasteiger partial charge is 0.465 e. The Kier molecular flexibility index (Phi) is 3.94. The molecule has 1 amide bonds. The molecule has 2 N–H and O–H groups in total. The number of amides is 1. The van der Waals surface area contributed by atoms with Crippen molar-refractivity contribution in [3.05, 3.63) is 35.1 Å². The molecule has 26 heavy (non-hydrogen) atoms. The first-order valence-corrected chi connectivity index (χ1v) is 9.90. The van der Waals surface area contributed by atoms with Crippen LogP contribution in [-0.2, 0) is 4.79 Å². The Morgan fingerprint density at radius 3 is 2.69 bits per heavy atom. The lowest BCUT2D eigenvalue weighted by atomic mass is 9.48. The van der Waals surface area contributed by atoms with Gasteiger partial charge in [0.1, 0.15) is 0 Å². The maximum absolute atomic E-state index is 11.8. The van der Waals surface area contributed by atoms with E-state index in [9.17, 15) is 9.59 Å². The second-order valence-corrected chi connectivity index (χ2v) is 9.13. The second-order valence-electron chi connectivity index (χ2n) is 9.13. The zero-order valence-electron chi connectivity index (χ0n) is 16.0. The van der Waals surface area contributed by atoms with E-state index < -0.39 is 6.09 Å². The van der Waals surface area contributed by atoms with Crippen LogP contribution in [0.4, 0.5) is 4.79 Å². The molecular formula is C22H29NO3. The van der Waals surface area contributed by atoms with E-state index in [0.29, 0.717) is 17.8 Å². The minimum Gasteiger partial charge on any atom is -0.465 e. The fourth-order valence-corrected chi connectivity index (χ4v) is 6.86. The molecule has 0 saturated heterocycles. The molecule has 4 nitrogen and oxygen atoms in total. The number of carbonyl (C=O) groups is 2. The van der Waals surface area contributed by atoms with Gasteiger partial charge in [-0.2, -0.15) is 0 Å². The van der Waals surface area contributed by atoms with Crippen molar-refractivity contribution in [3.8, 4) is 0 Å². The molecule has 0 aromatic rings. The number of carbonyl (C=O) groups excluding carboxylic acids is 1. The Morgan fingerprint density at radius 1 is 1.19 bits per heavy atom. The van der Waals surface area contributed by atoms with Crippen LogP contribution in [0.2, 0.25) is 0 Å². The van der Waals surface area contributed by atoms with Crippen molar-refractivity contribution in [2.45, 2.75) is 59.3 Å². The van der Waals surface area contributed by atoms with E-state index in [4.69, 9.17) is 5.11 Å². The summed E-state index contributed by atoms with van der Waals surface area (Å²) < 4.78 is 0. The van der Waals surface area contributed by atoms with Crippen molar-refractivity contribution in [1.29, 1.82) is 0 Å². The molecule has 3 fully saturated rings. The SMILES string of the molecule is CC(NC(=O)O)=C1CCC2C3CCC4=CC(=O)C=C[C@]4(C)C3CC[C@]12C. The van der Waals surface area contributed by atoms with Gasteiger partial charge >= 0.3 is 6.09 Å². The minimum absolute atomic E-state index is 0.0268. The summed E-state index contributed by atoms with van der Waals surface area (Å²) in [6.45, 7) is 6.60. The van der Waals surface area contributed by atoms with Gasteiger partial charge in [-0.3, -0.25) is 10.1 Å². The van der Waals surface area contributed by atoms with Crippen LogP contribution in [0.15, 0.2) is 35.1 Å². The molecule has 5 atom stereocenters. The van der Waals surface area contributed by atoms with Crippen LogP contribution < -0.4 is 5.32 Å². The zero-order valence-corrected chi connectivity index (χ0v) is 16.0. The highest BCUT2D eigenvalue weighted by molar-refractivity contribution is 6.01. The summed E-state index contributed by atoms with van der Waals surface area (Å²) in [6.07, 6.45) is 11.4. The van der Waals surface area contributed by atoms with Gasteiger partial charge in [0.15, 0.2) is 5.78 Å². The average Bonchev–Trinajstić information content (AvgIpc) is 2.92. The predicted octanol–water partition coefficient (Wildman–Crippen LogP) is 4.84. The molecule has 3 unspecified atom stereocenters. The molecule has 0 radical (unpaired) electrons. The van der Waals surface area contributed by atoms with Crippen LogP contribution in [0, 0.1) is 28.6 Å². The number of hydrogen-bond donors (Lipinski definition) is 2. The molecule has 140 valence electrons. The molecule has 4 aliphatic rings. The summed E-state index contributed by atoms with van der Waals surface area (Å²) >= 11 is 0. The highest BCUT2D eigenvalue weighted by Gasteiger charge is 2.57. The molecule has 4 aliphatic carbocycles. The lowest BCUT2D eigenvalue weighted by Crippen LogP contribution is -2.48. The predicted molar refractivity (Wildman–Crippen MR) is 100 cm³/mol. The Morgan fingerprint density at radius 2 is 1.96 bits per heavy atom. The lowest BCUT2D eigenvalue weighted by Gasteiger charge is -2.56. The monoisotopic (exact) mass is 355 g/mol. The zero-order chi connectivity index (χ0) is 18.7. The normalized spacial score (nSPS) is 43.1. The van der Waals surface area contributed by atoms with Crippen molar-refractivity contribution < 1.29 is 14.7 Å². The van der Waals surface area contributed by atoms with Crippen molar-refractivity contribution in [2.75, 3.05) is 0 Å². The van der Waals surface area contributed by atoms with Crippen molar-refractivity contribution in [2.24, 2.45) is 28.6 Å². The minimum atomic E-state index is -0.965. The molecule has 4 rings (SSSR count). The van der Waals surface area contributed by atoms with E-state index in [0.717, 1.165) is 44.2 Å². The Bertz CT molecular complexity index is 761. The van der Waals surface area contributed by atoms with Crippen LogP contribution in [-0.4, -0.2) is 17.0 Å². The first-order valence-electron chi connectivity index (χ1n) is 9.90. The third kappa shape index (κ3) is 2.41. The maximum Gasteiger partial charge on any atom is 0.408 e. The van der Waals surface area contributed by atoms with E-state index >= 15 is 0 Å². The first-order chi connectivity index (χ1) is 12.3. The number of ketones is 1. The smallest absolute Gasteiger partial charge is 0.408 e. The third-order valence-corrected chi connectivity index (χ3v) is 8.09. The van der Waals surface area contributed by atoms with Crippen molar-refractivity contribution >= 4 is 11.9 Å². The summed E-state index contributed by atoms with van der Waals surface area (Å²) in [4.78, 5) is 22.9. The molecule has 3 saturated carbocycles. The molecule has 0 aromatic carbocycles. The second kappa shape index (κ2) is 5.83. The first kappa shape index (κ1) is 17.6. The number of hydrogen-bond acceptors (Lipinski definition) is 2. The van der Waals surface area contributed by atoms with Gasteiger partial charge in [0.05, 0.1) is 0 Å². The van der Waals surface area contributed by atoms with E-state index in [2.05, 4.69) is 25.2 Å². The van der Waals surface area contributed by atoms with Gasteiger partial charge in [-0.05, 0) is 86.3 Å². The van der Waals surface area contributed by atoms with Gasteiger partial charge in [0, 0.05) is 11.1 Å². The standard InChI is InChI=1S/C22H29NO3/c1-13(23-20(25)26)17-6-7-18-16-5-4-14-12-15(24)8-10-21(14,2)19(16)9-11-22(17,18)3/h8,10,12,16,18-19,23H,4-7,9,11H2,1-3H3,(H,25,26)/t16?,18?,19?,21-,22+/m0/s1. The molecular weight excluding hydrogens is 326 g/mol. The molecule has 0 spiro atoms. The number of carboxylic acid groups (broad SMARTS) is 1. The Balaban J connectivity index is 1.66. The van der Waals surface area contributed by atoms with Gasteiger partial charge in [-0.25, -0.2) is 4.79 Å². The van der Waals surface area contributed by atoms with Crippen molar-refractivity contribution in [3.63, 3.8) is 0 Å². The van der Waals surface area contributed by atoms with Crippen LogP contribution in [0.1, 0.15) is 59.3 Å². The van der Waals surface area contributed by atoms with E-state index in [1.165, 1.54) is 11.1 Å². The fourth-order valence-electron chi connectivity index (χ4n) is 6.86. The Hall–Kier alpha value is -1.84. The van der Waals surface area contributed by atoms with Gasteiger partial charge < -0.3 is 5.11 Å². The number of rotatable bonds is 1. The van der Waals surface area contributed by atoms with Crippen molar-refractivity contribution in [1.82, 2.24) is 5.32 Å². The van der Waals surface area contributed by atoms with Gasteiger partial charge in [-0.1, -0.05) is 25.5 Å². The van der Waals surface area contributed by atoms with E-state index in [-0.39, 0.29) is 16.6 Å². The van der Waals surface area contributed by atoms with Crippen LogP contribution in [0.3, 0.4) is 0 Å². The summed E-state index contributed by atoms with van der Waals surface area (Å²) in [5, 5.41) is 11.7. The summed E-state index contributed by atoms with van der Waals surface area (Å²) in [6, 6.07) is 0. The van der Waals surface area contributed by atoms with Crippen LogP contribution in [0.5, 0.6) is 0 Å². The topological polar surface area (TPSA) is 66.4 Å². The van der Waals surface area contributed by atoms with Gasteiger partial charge in [-0.15, -0.1) is 0 Å². The molecule has 0 bridgehead atoms. The van der Waals surface area contributed by atoms with Crippen LogP contribution >= 0.6 is 0 Å². The summed E-state index contributed by atoms with van der Waals surface area (Å²) in [5.74, 6) is 2.00. The summed E-state index contributed by atoms with van der Waals surface area (Å²) in [7, 11) is 0. The van der Waals surface area contributed by atoms with Crippen LogP contribution in [0.25, 0.3) is 0 Å². The van der Waals surface area contributed by atoms with E-state index in [1.54, 1.807) is 6.08 Å². The molecule has 0 heterocycles. The van der Waals surface area contributed by atoms with Gasteiger partial charge in [0.25, 0.3) is 0 Å². The highest BCUT2D eigenvalue weighted by atomic mass is 16.4. The highest BCUT2D eigenvalue weighted by Crippen LogP contribution is 2.66. The summed E-state index contributed by atoms with van der Waals surface area (Å²) in [5.41, 5.74) is 3.63. The number of fused-ring (bicyclic) bond motifs is 5. The van der Waals surface area contributed by atoms with E-state index in [1.807, 2.05) is 13.0 Å². The third-order valence-electron chi connectivity index (χ3n) is 8.09.